The topological polar surface area (TPSA) is 166 Å². The molecule has 0 aliphatic carbocycles. The summed E-state index contributed by atoms with van der Waals surface area (Å²) in [4.78, 5) is 27.7. The van der Waals surface area contributed by atoms with Crippen molar-refractivity contribution in [3.8, 4) is 0 Å². The van der Waals surface area contributed by atoms with Gasteiger partial charge in [0.15, 0.2) is 0 Å². The summed E-state index contributed by atoms with van der Waals surface area (Å²) in [5, 5.41) is 7.54. The van der Waals surface area contributed by atoms with Gasteiger partial charge in [-0.25, -0.2) is 26.4 Å². The Morgan fingerprint density at radius 3 is 1.75 bits per heavy atom. The highest BCUT2D eigenvalue weighted by Gasteiger charge is 2.30. The summed E-state index contributed by atoms with van der Waals surface area (Å²) in [5.41, 5.74) is 6.00. The van der Waals surface area contributed by atoms with Gasteiger partial charge in [-0.05, 0) is 91.9 Å². The molecule has 296 valence electrons. The Kier molecular flexibility index (Phi) is 16.7. The zero-order valence-corrected chi connectivity index (χ0v) is 35.5. The van der Waals surface area contributed by atoms with Crippen LogP contribution in [0, 0.1) is 0 Å². The summed E-state index contributed by atoms with van der Waals surface area (Å²) < 4.78 is 50.8. The molecule has 0 radical (unpaired) electrons. The number of aliphatic imine (C=N–C) groups is 1. The van der Waals surface area contributed by atoms with Crippen LogP contribution in [0.5, 0.6) is 0 Å². The number of isocyanates is 1. The molecule has 4 N–H and O–H groups in total. The highest BCUT2D eigenvalue weighted by atomic mass is 35.5. The minimum Gasteiger partial charge on any atom is -0.317 e. The number of amides is 2. The summed E-state index contributed by atoms with van der Waals surface area (Å²) in [6.07, 6.45) is 5.06. The lowest BCUT2D eigenvalue weighted by Gasteiger charge is -2.36. The third kappa shape index (κ3) is 12.7. The predicted octanol–water partition coefficient (Wildman–Crippen LogP) is 9.16. The Bertz CT molecular complexity index is 2250. The van der Waals surface area contributed by atoms with Crippen LogP contribution in [-0.4, -0.2) is 59.4 Å². The first-order valence-electron chi connectivity index (χ1n) is 16.4. The molecule has 19 heteroatoms. The highest BCUT2D eigenvalue weighted by Crippen LogP contribution is 2.36. The molecule has 12 nitrogen and oxygen atoms in total. The molecule has 0 fully saturated rings. The van der Waals surface area contributed by atoms with Crippen LogP contribution in [0.25, 0.3) is 0 Å². The average Bonchev–Trinajstić information content (AvgIpc) is 3.08. The fourth-order valence-electron chi connectivity index (χ4n) is 5.99. The van der Waals surface area contributed by atoms with Crippen molar-refractivity contribution in [1.82, 2.24) is 10.2 Å². The maximum Gasteiger partial charge on any atom is 0.322 e. The number of fused-ring (bicyclic) bond motifs is 2. The number of para-hydroxylation sites is 2. The Labute approximate surface area is 347 Å². The van der Waals surface area contributed by atoms with Crippen LogP contribution in [0.3, 0.4) is 0 Å². The van der Waals surface area contributed by atoms with Crippen molar-refractivity contribution >= 4 is 114 Å². The lowest BCUT2D eigenvalue weighted by molar-refractivity contribution is 0.188. The number of nitrogens with one attached hydrogen (secondary N) is 4. The molecule has 2 amide bonds. The van der Waals surface area contributed by atoms with E-state index in [1.54, 1.807) is 53.4 Å². The summed E-state index contributed by atoms with van der Waals surface area (Å²) in [7, 11) is -6.58. The number of sulfonamides is 2. The Hall–Kier alpha value is -3.56. The molecule has 2 aliphatic heterocycles. The van der Waals surface area contributed by atoms with Gasteiger partial charge < -0.3 is 15.5 Å². The second-order valence-electron chi connectivity index (χ2n) is 12.3. The first-order valence-corrected chi connectivity index (χ1v) is 21.7. The van der Waals surface area contributed by atoms with E-state index < -0.39 is 20.0 Å². The molecule has 0 bridgehead atoms. The number of hydrogen-bond donors (Lipinski definition) is 4. The fraction of sp³-hybridized carbons (Fsp3) is 0.278. The lowest BCUT2D eigenvalue weighted by atomic mass is 9.92. The average molecular weight is 893 g/mol. The van der Waals surface area contributed by atoms with Gasteiger partial charge in [-0.2, -0.15) is 4.99 Å². The molecule has 0 saturated carbocycles. The van der Waals surface area contributed by atoms with Gasteiger partial charge in [0.05, 0.1) is 55.7 Å². The summed E-state index contributed by atoms with van der Waals surface area (Å²) in [6.45, 7) is 5.30. The number of rotatable bonds is 6. The molecule has 6 rings (SSSR count). The Balaban J connectivity index is 0.000000245. The van der Waals surface area contributed by atoms with Gasteiger partial charge in [0, 0.05) is 12.6 Å². The molecule has 4 aromatic rings. The number of urea groups is 1. The summed E-state index contributed by atoms with van der Waals surface area (Å²) >= 11 is 23.6. The van der Waals surface area contributed by atoms with Crippen LogP contribution in [0.1, 0.15) is 48.2 Å². The van der Waals surface area contributed by atoms with E-state index in [-0.39, 0.29) is 36.2 Å². The van der Waals surface area contributed by atoms with E-state index in [9.17, 15) is 26.4 Å². The third-order valence-electron chi connectivity index (χ3n) is 8.38. The fourth-order valence-corrected chi connectivity index (χ4v) is 8.14. The van der Waals surface area contributed by atoms with Crippen LogP contribution in [0.2, 0.25) is 20.1 Å². The van der Waals surface area contributed by atoms with Crippen molar-refractivity contribution in [3.05, 3.63) is 115 Å². The van der Waals surface area contributed by atoms with E-state index in [4.69, 9.17) is 46.4 Å². The minimum absolute atomic E-state index is 0. The second kappa shape index (κ2) is 20.0. The van der Waals surface area contributed by atoms with Gasteiger partial charge in [0.2, 0.25) is 26.1 Å². The summed E-state index contributed by atoms with van der Waals surface area (Å²) in [5.74, 6) is 0. The largest absolute Gasteiger partial charge is 0.322 e. The van der Waals surface area contributed by atoms with E-state index in [0.717, 1.165) is 35.9 Å². The third-order valence-corrected chi connectivity index (χ3v) is 10.8. The maximum absolute atomic E-state index is 12.8. The normalized spacial score (nSPS) is 15.8. The molecule has 2 aliphatic rings. The number of anilines is 3. The van der Waals surface area contributed by atoms with Gasteiger partial charge in [-0.3, -0.25) is 9.44 Å². The predicted molar refractivity (Wildman–Crippen MR) is 226 cm³/mol. The first-order chi connectivity index (χ1) is 25.4. The van der Waals surface area contributed by atoms with Crippen molar-refractivity contribution in [2.45, 2.75) is 38.8 Å². The molecule has 0 spiro atoms. The molecule has 0 saturated heterocycles. The number of benzene rings is 4. The van der Waals surface area contributed by atoms with Crippen molar-refractivity contribution in [2.75, 3.05) is 40.4 Å². The van der Waals surface area contributed by atoms with Gasteiger partial charge in [-0.1, -0.05) is 82.8 Å². The monoisotopic (exact) mass is 890 g/mol. The second-order valence-corrected chi connectivity index (χ2v) is 17.5. The van der Waals surface area contributed by atoms with Crippen molar-refractivity contribution in [1.29, 1.82) is 0 Å². The van der Waals surface area contributed by atoms with Crippen LogP contribution < -0.4 is 20.1 Å². The van der Waals surface area contributed by atoms with Gasteiger partial charge >= 0.3 is 6.03 Å². The minimum atomic E-state index is -3.38. The zero-order chi connectivity index (χ0) is 39.8. The van der Waals surface area contributed by atoms with E-state index in [0.29, 0.717) is 50.1 Å². The van der Waals surface area contributed by atoms with E-state index in [1.165, 1.54) is 17.9 Å². The SMILES string of the molecule is C[C@@H]1NCCc2c(NS(C)(=O)=O)cccc21.C[C@H]1c2cccc(NS(C)(=O)=O)c2CCN1C(=O)Nc1c(Cl)cccc1Cl.Cl.O=C=Nc1c(Cl)cccc1Cl. The standard InChI is InChI=1S/C18H19Cl2N3O3S.C11H16N2O2S.C7H3Cl2NO.ClH/c1-11-12-5-3-8-16(22-27(2,25)26)13(12)9-10-23(11)18(24)21-17-14(19)6-4-7-15(17)20;1-8-9-4-3-5-11(13-16(2,14)15)10(9)6-7-12-8;8-5-2-1-3-6(9)7(5)10-4-11;/h3-8,11,22H,9-10H2,1-2H3,(H,21,24);3-5,8,12-13H,6-7H2,1-2H3;1-3H;1H/t11-;8-;;/m00../s1. The van der Waals surface area contributed by atoms with Gasteiger partial charge in [0.25, 0.3) is 0 Å². The Morgan fingerprint density at radius 1 is 0.764 bits per heavy atom. The van der Waals surface area contributed by atoms with Crippen LogP contribution >= 0.6 is 58.8 Å². The lowest BCUT2D eigenvalue weighted by Crippen LogP contribution is -2.41. The zero-order valence-electron chi connectivity index (χ0n) is 30.0. The first kappa shape index (κ1) is 45.8. The molecular weight excluding hydrogens is 854 g/mol. The van der Waals surface area contributed by atoms with Gasteiger partial charge in [0.1, 0.15) is 5.69 Å². The van der Waals surface area contributed by atoms with Gasteiger partial charge in [-0.15, -0.1) is 12.4 Å². The molecule has 2 atom stereocenters. The molecular formula is C36H39Cl5N6O6S2. The highest BCUT2D eigenvalue weighted by molar-refractivity contribution is 7.92. The molecule has 2 heterocycles. The van der Waals surface area contributed by atoms with Crippen LogP contribution in [0.15, 0.2) is 77.8 Å². The van der Waals surface area contributed by atoms with Crippen molar-refractivity contribution in [3.63, 3.8) is 0 Å². The van der Waals surface area contributed by atoms with E-state index in [1.807, 2.05) is 31.2 Å². The van der Waals surface area contributed by atoms with Crippen molar-refractivity contribution in [2.24, 2.45) is 4.99 Å². The van der Waals surface area contributed by atoms with E-state index >= 15 is 0 Å². The maximum atomic E-state index is 12.8. The molecule has 4 aromatic carbocycles. The number of carbonyl (C=O) groups is 1. The number of hydrogen-bond acceptors (Lipinski definition) is 8. The smallest absolute Gasteiger partial charge is 0.317 e. The number of nitrogens with zero attached hydrogens (tertiary/aromatic N) is 2. The molecule has 55 heavy (non-hydrogen) atoms. The van der Waals surface area contributed by atoms with Crippen LogP contribution in [0.4, 0.5) is 27.5 Å². The van der Waals surface area contributed by atoms with Crippen molar-refractivity contribution < 1.29 is 26.4 Å². The summed E-state index contributed by atoms with van der Waals surface area (Å²) in [6, 6.07) is 20.8. The van der Waals surface area contributed by atoms with Crippen LogP contribution in [-0.2, 0) is 37.7 Å². The number of halogens is 5. The van der Waals surface area contributed by atoms with E-state index in [2.05, 4.69) is 32.0 Å². The number of carbonyl (C=O) groups excluding carboxylic acids is 2. The Morgan fingerprint density at radius 2 is 1.24 bits per heavy atom. The quantitative estimate of drug-likeness (QED) is 0.111. The molecule has 0 aromatic heterocycles. The molecule has 0 unspecified atom stereocenters.